The average Bonchev–Trinajstić information content (AvgIpc) is 2.68. The number of primary amides is 1. The Bertz CT molecular complexity index is 878. The molecule has 0 spiro atoms. The molecule has 0 saturated heterocycles. The summed E-state index contributed by atoms with van der Waals surface area (Å²) < 4.78 is 7.89. The molecular formula is C24H31N2O3+. The minimum atomic E-state index is -0.474. The minimum Gasteiger partial charge on any atom is -0.458 e. The molecule has 0 aliphatic heterocycles. The molecule has 2 N–H and O–H groups in total. The number of ether oxygens (including phenoxy) is 1. The number of nitrogens with zero attached hydrogens (tertiary/aromatic N) is 1. The molecule has 5 nitrogen and oxygen atoms in total. The molecule has 1 heterocycles. The van der Waals surface area contributed by atoms with Gasteiger partial charge in [-0.15, -0.1) is 0 Å². The molecule has 1 aromatic heterocycles. The van der Waals surface area contributed by atoms with Crippen molar-refractivity contribution in [3.05, 3.63) is 65.5 Å². The molecule has 5 heteroatoms. The van der Waals surface area contributed by atoms with Crippen molar-refractivity contribution >= 4 is 11.9 Å². The van der Waals surface area contributed by atoms with Gasteiger partial charge in [-0.05, 0) is 42.7 Å². The molecule has 29 heavy (non-hydrogen) atoms. The molecule has 154 valence electrons. The van der Waals surface area contributed by atoms with E-state index in [1.807, 2.05) is 35.0 Å². The number of aromatic nitrogens is 1. The van der Waals surface area contributed by atoms with E-state index in [0.29, 0.717) is 35.4 Å². The lowest BCUT2D eigenvalue weighted by atomic mass is 9.75. The third-order valence-electron chi connectivity index (χ3n) is 5.95. The summed E-state index contributed by atoms with van der Waals surface area (Å²) in [5.74, 6) is 0.729. The average molecular weight is 396 g/mol. The van der Waals surface area contributed by atoms with Crippen LogP contribution in [-0.4, -0.2) is 18.0 Å². The second kappa shape index (κ2) is 9.21. The molecule has 0 unspecified atom stereocenters. The maximum atomic E-state index is 13.1. The number of nitrogens with two attached hydrogens (primary N) is 1. The number of esters is 1. The molecule has 1 fully saturated rings. The Morgan fingerprint density at radius 1 is 1.17 bits per heavy atom. The fourth-order valence-electron chi connectivity index (χ4n) is 4.27. The first kappa shape index (κ1) is 21.0. The summed E-state index contributed by atoms with van der Waals surface area (Å²) in [5, 5.41) is 0. The van der Waals surface area contributed by atoms with E-state index in [4.69, 9.17) is 10.5 Å². The SMILES string of the molecule is CC(C)[C@@H]1CC[C@H](C)C[C@H]1OC(=O)c1ccccc1C[n+]1cccc(C(N)=O)c1. The largest absolute Gasteiger partial charge is 0.458 e. The van der Waals surface area contributed by atoms with Gasteiger partial charge in [0.05, 0.1) is 5.56 Å². The molecule has 3 rings (SSSR count). The van der Waals surface area contributed by atoms with E-state index in [2.05, 4.69) is 20.8 Å². The van der Waals surface area contributed by atoms with E-state index in [1.165, 1.54) is 6.42 Å². The van der Waals surface area contributed by atoms with Crippen LogP contribution in [0.5, 0.6) is 0 Å². The Morgan fingerprint density at radius 3 is 2.66 bits per heavy atom. The number of benzene rings is 1. The van der Waals surface area contributed by atoms with Crippen molar-refractivity contribution in [1.82, 2.24) is 0 Å². The van der Waals surface area contributed by atoms with Gasteiger partial charge in [-0.3, -0.25) is 4.79 Å². The van der Waals surface area contributed by atoms with Crippen molar-refractivity contribution in [1.29, 1.82) is 0 Å². The zero-order valence-corrected chi connectivity index (χ0v) is 17.5. The van der Waals surface area contributed by atoms with Crippen LogP contribution in [0.25, 0.3) is 0 Å². The maximum Gasteiger partial charge on any atom is 0.338 e. The number of hydrogen-bond donors (Lipinski definition) is 1. The summed E-state index contributed by atoms with van der Waals surface area (Å²) in [6.07, 6.45) is 6.74. The van der Waals surface area contributed by atoms with Crippen LogP contribution in [0.1, 0.15) is 66.3 Å². The van der Waals surface area contributed by atoms with E-state index < -0.39 is 5.91 Å². The van der Waals surface area contributed by atoms with Gasteiger partial charge in [0.2, 0.25) is 0 Å². The van der Waals surface area contributed by atoms with Crippen LogP contribution in [0.15, 0.2) is 48.8 Å². The van der Waals surface area contributed by atoms with Crippen molar-refractivity contribution in [2.75, 3.05) is 0 Å². The Morgan fingerprint density at radius 2 is 1.93 bits per heavy atom. The Labute approximate surface area is 172 Å². The molecule has 3 atom stereocenters. The van der Waals surface area contributed by atoms with E-state index in [0.717, 1.165) is 18.4 Å². The van der Waals surface area contributed by atoms with E-state index >= 15 is 0 Å². The normalized spacial score (nSPS) is 21.7. The molecule has 0 bridgehead atoms. The highest BCUT2D eigenvalue weighted by Crippen LogP contribution is 2.35. The zero-order valence-electron chi connectivity index (χ0n) is 17.5. The van der Waals surface area contributed by atoms with Crippen LogP contribution in [-0.2, 0) is 11.3 Å². The van der Waals surface area contributed by atoms with Gasteiger partial charge in [0, 0.05) is 11.6 Å². The number of carbonyl (C=O) groups is 2. The highest BCUT2D eigenvalue weighted by Gasteiger charge is 2.34. The van der Waals surface area contributed by atoms with Crippen LogP contribution in [0, 0.1) is 17.8 Å². The molecule has 1 aliphatic rings. The smallest absolute Gasteiger partial charge is 0.338 e. The summed E-state index contributed by atoms with van der Waals surface area (Å²) in [6, 6.07) is 10.9. The zero-order chi connectivity index (χ0) is 21.0. The van der Waals surface area contributed by atoms with Crippen molar-refractivity contribution < 1.29 is 18.9 Å². The molecule has 0 radical (unpaired) electrons. The number of hydrogen-bond acceptors (Lipinski definition) is 3. The molecular weight excluding hydrogens is 364 g/mol. The molecule has 1 aromatic carbocycles. The van der Waals surface area contributed by atoms with E-state index in [9.17, 15) is 9.59 Å². The number of carbonyl (C=O) groups excluding carboxylic acids is 2. The summed E-state index contributed by atoms with van der Waals surface area (Å²) >= 11 is 0. The quantitative estimate of drug-likeness (QED) is 0.598. The Hall–Kier alpha value is -2.69. The fraction of sp³-hybridized carbons (Fsp3) is 0.458. The van der Waals surface area contributed by atoms with E-state index in [1.54, 1.807) is 18.3 Å². The fourth-order valence-corrected chi connectivity index (χ4v) is 4.27. The molecule has 1 aliphatic carbocycles. The van der Waals surface area contributed by atoms with Crippen LogP contribution in [0.3, 0.4) is 0 Å². The van der Waals surface area contributed by atoms with Crippen molar-refractivity contribution in [3.8, 4) is 0 Å². The predicted octanol–water partition coefficient (Wildman–Crippen LogP) is 3.74. The van der Waals surface area contributed by atoms with Crippen LogP contribution < -0.4 is 10.3 Å². The number of amides is 1. The predicted molar refractivity (Wildman–Crippen MR) is 111 cm³/mol. The van der Waals surface area contributed by atoms with Gasteiger partial charge in [-0.2, -0.15) is 4.57 Å². The summed E-state index contributed by atoms with van der Waals surface area (Å²) in [6.45, 7) is 7.10. The van der Waals surface area contributed by atoms with Gasteiger partial charge in [0.1, 0.15) is 11.7 Å². The highest BCUT2D eigenvalue weighted by molar-refractivity contribution is 5.92. The van der Waals surface area contributed by atoms with Crippen molar-refractivity contribution in [2.24, 2.45) is 23.5 Å². The van der Waals surface area contributed by atoms with Gasteiger partial charge in [-0.25, -0.2) is 4.79 Å². The first-order chi connectivity index (χ1) is 13.8. The van der Waals surface area contributed by atoms with Gasteiger partial charge in [0.25, 0.3) is 5.91 Å². The third kappa shape index (κ3) is 5.22. The Kier molecular flexibility index (Phi) is 6.68. The maximum absolute atomic E-state index is 13.1. The molecule has 1 amide bonds. The highest BCUT2D eigenvalue weighted by atomic mass is 16.5. The summed E-state index contributed by atoms with van der Waals surface area (Å²) in [5.41, 5.74) is 7.24. The topological polar surface area (TPSA) is 73.3 Å². The number of pyridine rings is 1. The van der Waals surface area contributed by atoms with Crippen molar-refractivity contribution in [2.45, 2.75) is 52.7 Å². The molecule has 1 saturated carbocycles. The van der Waals surface area contributed by atoms with Gasteiger partial charge in [-0.1, -0.05) is 45.4 Å². The monoisotopic (exact) mass is 395 g/mol. The van der Waals surface area contributed by atoms with Gasteiger partial charge >= 0.3 is 5.97 Å². The third-order valence-corrected chi connectivity index (χ3v) is 5.95. The lowest BCUT2D eigenvalue weighted by molar-refractivity contribution is -0.688. The second-order valence-electron chi connectivity index (χ2n) is 8.56. The van der Waals surface area contributed by atoms with E-state index in [-0.39, 0.29) is 12.1 Å². The van der Waals surface area contributed by atoms with Crippen molar-refractivity contribution in [3.63, 3.8) is 0 Å². The minimum absolute atomic E-state index is 0.0369. The number of rotatable bonds is 6. The second-order valence-corrected chi connectivity index (χ2v) is 8.56. The standard InChI is InChI=1S/C24H30N2O3/c1-16(2)20-11-10-17(3)13-22(20)29-24(28)21-9-5-4-7-18(21)14-26-12-6-8-19(15-26)23(25)27/h4-9,12,15-17,20,22H,10-11,13-14H2,1-3H3,(H-,25,27)/p+1/t17-,20-,22+/m0/s1. The first-order valence-electron chi connectivity index (χ1n) is 10.4. The summed E-state index contributed by atoms with van der Waals surface area (Å²) in [7, 11) is 0. The van der Waals surface area contributed by atoms with Gasteiger partial charge in [0.15, 0.2) is 18.9 Å². The van der Waals surface area contributed by atoms with Crippen LogP contribution in [0.4, 0.5) is 0 Å². The van der Waals surface area contributed by atoms with Crippen LogP contribution in [0.2, 0.25) is 0 Å². The Balaban J connectivity index is 1.80. The van der Waals surface area contributed by atoms with Crippen LogP contribution >= 0.6 is 0 Å². The lowest BCUT2D eigenvalue weighted by Gasteiger charge is -2.36. The van der Waals surface area contributed by atoms with Gasteiger partial charge < -0.3 is 10.5 Å². The lowest BCUT2D eigenvalue weighted by Crippen LogP contribution is -2.37. The molecule has 2 aromatic rings. The first-order valence-corrected chi connectivity index (χ1v) is 10.4. The summed E-state index contributed by atoms with van der Waals surface area (Å²) in [4.78, 5) is 24.5.